The molecule has 1 aromatic carbocycles. The van der Waals surface area contributed by atoms with Crippen LogP contribution in [-0.2, 0) is 16.1 Å². The second-order valence-electron chi connectivity index (χ2n) is 6.56. The average molecular weight is 274 g/mol. The number of hydrogen-bond donors (Lipinski definition) is 1. The van der Waals surface area contributed by atoms with Gasteiger partial charge in [-0.3, -0.25) is 9.59 Å². The van der Waals surface area contributed by atoms with Gasteiger partial charge in [-0.15, -0.1) is 0 Å². The molecule has 0 bridgehead atoms. The molecule has 1 aliphatic heterocycles. The molecule has 1 atom stereocenters. The molecule has 1 aliphatic rings. The highest BCUT2D eigenvalue weighted by molar-refractivity contribution is 5.94. The maximum absolute atomic E-state index is 12.5. The Labute approximate surface area is 120 Å². The van der Waals surface area contributed by atoms with Gasteiger partial charge in [0.1, 0.15) is 6.04 Å². The SMILES string of the molecule is CC(C)(C)C[C@H]1NC(=O)CN(Cc2ccccc2)C1=O. The van der Waals surface area contributed by atoms with Crippen LogP contribution in [-0.4, -0.2) is 29.3 Å². The quantitative estimate of drug-likeness (QED) is 0.916. The summed E-state index contributed by atoms with van der Waals surface area (Å²) in [6, 6.07) is 9.36. The summed E-state index contributed by atoms with van der Waals surface area (Å²) < 4.78 is 0. The van der Waals surface area contributed by atoms with Gasteiger partial charge < -0.3 is 10.2 Å². The smallest absolute Gasteiger partial charge is 0.245 e. The molecule has 0 aliphatic carbocycles. The minimum atomic E-state index is -0.403. The number of nitrogens with one attached hydrogen (secondary N) is 1. The van der Waals surface area contributed by atoms with Crippen LogP contribution in [0.1, 0.15) is 32.8 Å². The van der Waals surface area contributed by atoms with Crippen molar-refractivity contribution >= 4 is 11.8 Å². The first-order valence-corrected chi connectivity index (χ1v) is 6.97. The molecule has 20 heavy (non-hydrogen) atoms. The summed E-state index contributed by atoms with van der Waals surface area (Å²) in [6.07, 6.45) is 0.656. The van der Waals surface area contributed by atoms with Crippen LogP contribution in [0.4, 0.5) is 0 Å². The summed E-state index contributed by atoms with van der Waals surface area (Å²) >= 11 is 0. The summed E-state index contributed by atoms with van der Waals surface area (Å²) in [5, 5.41) is 2.81. The van der Waals surface area contributed by atoms with E-state index in [1.807, 2.05) is 30.3 Å². The molecule has 1 fully saturated rings. The van der Waals surface area contributed by atoms with E-state index in [0.29, 0.717) is 13.0 Å². The van der Waals surface area contributed by atoms with Crippen LogP contribution in [0, 0.1) is 5.41 Å². The summed E-state index contributed by atoms with van der Waals surface area (Å²) in [4.78, 5) is 25.9. The molecular formula is C16H22N2O2. The van der Waals surface area contributed by atoms with Crippen molar-refractivity contribution in [2.24, 2.45) is 5.41 Å². The number of benzene rings is 1. The number of hydrogen-bond acceptors (Lipinski definition) is 2. The summed E-state index contributed by atoms with van der Waals surface area (Å²) in [6.45, 7) is 6.86. The molecule has 0 saturated carbocycles. The van der Waals surface area contributed by atoms with E-state index in [0.717, 1.165) is 5.56 Å². The zero-order valence-electron chi connectivity index (χ0n) is 12.3. The maximum Gasteiger partial charge on any atom is 0.245 e. The number of piperazine rings is 1. The monoisotopic (exact) mass is 274 g/mol. The van der Waals surface area contributed by atoms with E-state index in [2.05, 4.69) is 26.1 Å². The first-order chi connectivity index (χ1) is 9.35. The highest BCUT2D eigenvalue weighted by Gasteiger charge is 2.34. The number of carbonyl (C=O) groups is 2. The van der Waals surface area contributed by atoms with Crippen molar-refractivity contribution in [3.05, 3.63) is 35.9 Å². The fraction of sp³-hybridized carbons (Fsp3) is 0.500. The van der Waals surface area contributed by atoms with Gasteiger partial charge in [0.15, 0.2) is 0 Å². The topological polar surface area (TPSA) is 49.4 Å². The maximum atomic E-state index is 12.5. The Bertz CT molecular complexity index is 491. The molecule has 1 heterocycles. The number of carbonyl (C=O) groups excluding carboxylic acids is 2. The first-order valence-electron chi connectivity index (χ1n) is 6.97. The van der Waals surface area contributed by atoms with E-state index in [4.69, 9.17) is 0 Å². The Hall–Kier alpha value is -1.84. The molecular weight excluding hydrogens is 252 g/mol. The van der Waals surface area contributed by atoms with Crippen LogP contribution in [0.25, 0.3) is 0 Å². The Morgan fingerprint density at radius 2 is 1.85 bits per heavy atom. The molecule has 0 aromatic heterocycles. The molecule has 0 spiro atoms. The second kappa shape index (κ2) is 5.65. The molecule has 108 valence electrons. The third kappa shape index (κ3) is 3.83. The van der Waals surface area contributed by atoms with Gasteiger partial charge in [-0.1, -0.05) is 51.1 Å². The predicted molar refractivity (Wildman–Crippen MR) is 77.9 cm³/mol. The van der Waals surface area contributed by atoms with Crippen LogP contribution >= 0.6 is 0 Å². The molecule has 2 amide bonds. The Balaban J connectivity index is 2.09. The van der Waals surface area contributed by atoms with E-state index in [1.54, 1.807) is 4.90 Å². The van der Waals surface area contributed by atoms with Crippen molar-refractivity contribution < 1.29 is 9.59 Å². The fourth-order valence-corrected chi connectivity index (χ4v) is 2.46. The number of rotatable bonds is 3. The van der Waals surface area contributed by atoms with Crippen molar-refractivity contribution in [1.29, 1.82) is 0 Å². The summed E-state index contributed by atoms with van der Waals surface area (Å²) in [5.41, 5.74) is 1.05. The Kier molecular flexibility index (Phi) is 4.12. The van der Waals surface area contributed by atoms with Gasteiger partial charge in [-0.05, 0) is 17.4 Å². The van der Waals surface area contributed by atoms with E-state index < -0.39 is 6.04 Å². The average Bonchev–Trinajstić information content (AvgIpc) is 2.34. The van der Waals surface area contributed by atoms with Crippen LogP contribution < -0.4 is 5.32 Å². The van der Waals surface area contributed by atoms with Crippen LogP contribution in [0.15, 0.2) is 30.3 Å². The van der Waals surface area contributed by atoms with E-state index in [-0.39, 0.29) is 23.8 Å². The predicted octanol–water partition coefficient (Wildman–Crippen LogP) is 1.95. The lowest BCUT2D eigenvalue weighted by Crippen LogP contribution is -2.58. The highest BCUT2D eigenvalue weighted by atomic mass is 16.2. The molecule has 1 saturated heterocycles. The number of nitrogens with zero attached hydrogens (tertiary/aromatic N) is 1. The van der Waals surface area contributed by atoms with Crippen LogP contribution in [0.3, 0.4) is 0 Å². The Morgan fingerprint density at radius 1 is 1.20 bits per heavy atom. The number of amides is 2. The normalized spacial score (nSPS) is 19.9. The minimum absolute atomic E-state index is 0.00334. The van der Waals surface area contributed by atoms with Gasteiger partial charge in [0.25, 0.3) is 0 Å². The van der Waals surface area contributed by atoms with Gasteiger partial charge in [0.05, 0.1) is 6.54 Å². The third-order valence-electron chi connectivity index (χ3n) is 3.31. The van der Waals surface area contributed by atoms with Crippen molar-refractivity contribution in [2.45, 2.75) is 39.8 Å². The van der Waals surface area contributed by atoms with Gasteiger partial charge in [0, 0.05) is 6.54 Å². The molecule has 4 heteroatoms. The lowest BCUT2D eigenvalue weighted by atomic mass is 9.87. The fourth-order valence-electron chi connectivity index (χ4n) is 2.46. The van der Waals surface area contributed by atoms with Crippen LogP contribution in [0.5, 0.6) is 0 Å². The highest BCUT2D eigenvalue weighted by Crippen LogP contribution is 2.23. The second-order valence-corrected chi connectivity index (χ2v) is 6.56. The van der Waals surface area contributed by atoms with E-state index in [9.17, 15) is 9.59 Å². The van der Waals surface area contributed by atoms with Crippen LogP contribution in [0.2, 0.25) is 0 Å². The lowest BCUT2D eigenvalue weighted by molar-refractivity contribution is -0.145. The third-order valence-corrected chi connectivity index (χ3v) is 3.31. The van der Waals surface area contributed by atoms with E-state index in [1.165, 1.54) is 0 Å². The molecule has 0 unspecified atom stereocenters. The largest absolute Gasteiger partial charge is 0.343 e. The zero-order valence-corrected chi connectivity index (χ0v) is 12.3. The standard InChI is InChI=1S/C16H22N2O2/c1-16(2,3)9-13-15(20)18(11-14(19)17-13)10-12-7-5-4-6-8-12/h4-8,13H,9-11H2,1-3H3,(H,17,19)/t13-/m1/s1. The lowest BCUT2D eigenvalue weighted by Gasteiger charge is -2.35. The van der Waals surface area contributed by atoms with E-state index >= 15 is 0 Å². The van der Waals surface area contributed by atoms with Gasteiger partial charge in [-0.25, -0.2) is 0 Å². The Morgan fingerprint density at radius 3 is 2.45 bits per heavy atom. The van der Waals surface area contributed by atoms with Crippen molar-refractivity contribution in [1.82, 2.24) is 10.2 Å². The first kappa shape index (κ1) is 14.6. The van der Waals surface area contributed by atoms with Gasteiger partial charge in [-0.2, -0.15) is 0 Å². The molecule has 1 aromatic rings. The van der Waals surface area contributed by atoms with Gasteiger partial charge in [0.2, 0.25) is 11.8 Å². The van der Waals surface area contributed by atoms with Gasteiger partial charge >= 0.3 is 0 Å². The van der Waals surface area contributed by atoms with Crippen molar-refractivity contribution in [2.75, 3.05) is 6.54 Å². The van der Waals surface area contributed by atoms with Crippen molar-refractivity contribution in [3.63, 3.8) is 0 Å². The minimum Gasteiger partial charge on any atom is -0.343 e. The molecule has 0 radical (unpaired) electrons. The summed E-state index contributed by atoms with van der Waals surface area (Å²) in [5.74, 6) is -0.0573. The summed E-state index contributed by atoms with van der Waals surface area (Å²) in [7, 11) is 0. The van der Waals surface area contributed by atoms with Crippen molar-refractivity contribution in [3.8, 4) is 0 Å². The zero-order chi connectivity index (χ0) is 14.8. The molecule has 1 N–H and O–H groups in total. The molecule has 4 nitrogen and oxygen atoms in total. The molecule has 2 rings (SSSR count).